The molecule has 0 aliphatic rings. The number of nitro benzene ring substituents is 1. The summed E-state index contributed by atoms with van der Waals surface area (Å²) >= 11 is 0. The van der Waals surface area contributed by atoms with E-state index in [2.05, 4.69) is 6.58 Å². The van der Waals surface area contributed by atoms with Crippen LogP contribution in [0.3, 0.4) is 0 Å². The highest BCUT2D eigenvalue weighted by atomic mass is 16.6. The van der Waals surface area contributed by atoms with Gasteiger partial charge in [0.25, 0.3) is 0 Å². The number of rotatable bonds is 5. The second-order valence-corrected chi connectivity index (χ2v) is 3.90. The number of benzene rings is 1. The quantitative estimate of drug-likeness (QED) is 0.467. The number of aryl methyl sites for hydroxylation is 1. The number of aromatic hydroxyl groups is 1. The van der Waals surface area contributed by atoms with Gasteiger partial charge < -0.3 is 10.8 Å². The van der Waals surface area contributed by atoms with Gasteiger partial charge in [0.05, 0.1) is 4.92 Å². The van der Waals surface area contributed by atoms with Gasteiger partial charge in [-0.15, -0.1) is 6.58 Å². The molecule has 0 amide bonds. The highest BCUT2D eigenvalue weighted by Crippen LogP contribution is 2.36. The maximum Gasteiger partial charge on any atom is 0.313 e. The molecule has 1 rings (SSSR count). The molecule has 0 aromatic heterocycles. The van der Waals surface area contributed by atoms with E-state index >= 15 is 0 Å². The van der Waals surface area contributed by atoms with Crippen molar-refractivity contribution in [3.8, 4) is 5.75 Å². The van der Waals surface area contributed by atoms with E-state index in [4.69, 9.17) is 5.73 Å². The standard InChI is InChI=1S/C12H16N2O3/c1-3-4-5-10(13)9-7-6-8(2)11(12(9)15)14(16)17/h3,6-7,10,15H,1,4-5,13H2,2H3/t10-/m1/s1. The fourth-order valence-electron chi connectivity index (χ4n) is 1.68. The number of hydrogen-bond acceptors (Lipinski definition) is 4. The van der Waals surface area contributed by atoms with Crippen molar-refractivity contribution in [2.75, 3.05) is 0 Å². The maximum absolute atomic E-state index is 10.8. The third kappa shape index (κ3) is 2.82. The van der Waals surface area contributed by atoms with Gasteiger partial charge in [-0.1, -0.05) is 18.2 Å². The summed E-state index contributed by atoms with van der Waals surface area (Å²) in [6, 6.07) is 2.80. The molecule has 0 fully saturated rings. The molecule has 0 saturated heterocycles. The van der Waals surface area contributed by atoms with Crippen LogP contribution in [0.2, 0.25) is 0 Å². The highest BCUT2D eigenvalue weighted by molar-refractivity contribution is 5.56. The molecule has 0 radical (unpaired) electrons. The van der Waals surface area contributed by atoms with Crippen molar-refractivity contribution in [1.82, 2.24) is 0 Å². The van der Waals surface area contributed by atoms with Crippen molar-refractivity contribution in [2.45, 2.75) is 25.8 Å². The summed E-state index contributed by atoms with van der Waals surface area (Å²) in [6.45, 7) is 5.16. The predicted molar refractivity (Wildman–Crippen MR) is 65.9 cm³/mol. The lowest BCUT2D eigenvalue weighted by atomic mass is 9.99. The Morgan fingerprint density at radius 2 is 2.29 bits per heavy atom. The molecule has 1 aromatic rings. The van der Waals surface area contributed by atoms with Gasteiger partial charge in [0.1, 0.15) is 0 Å². The molecule has 1 aromatic carbocycles. The molecule has 17 heavy (non-hydrogen) atoms. The van der Waals surface area contributed by atoms with Crippen LogP contribution in [-0.2, 0) is 0 Å². The predicted octanol–water partition coefficient (Wildman–Crippen LogP) is 2.57. The average molecular weight is 236 g/mol. The molecule has 0 bridgehead atoms. The molecule has 0 saturated carbocycles. The molecule has 0 heterocycles. The number of nitro groups is 1. The Morgan fingerprint density at radius 3 is 2.82 bits per heavy atom. The highest BCUT2D eigenvalue weighted by Gasteiger charge is 2.22. The molecule has 92 valence electrons. The number of phenolic OH excluding ortho intramolecular Hbond substituents is 1. The Labute approximate surface area is 99.7 Å². The van der Waals surface area contributed by atoms with E-state index in [-0.39, 0.29) is 11.4 Å². The van der Waals surface area contributed by atoms with Crippen molar-refractivity contribution >= 4 is 5.69 Å². The van der Waals surface area contributed by atoms with Crippen molar-refractivity contribution in [3.05, 3.63) is 46.0 Å². The zero-order valence-corrected chi connectivity index (χ0v) is 9.72. The molecule has 0 spiro atoms. The van der Waals surface area contributed by atoms with E-state index in [1.807, 2.05) is 0 Å². The lowest BCUT2D eigenvalue weighted by molar-refractivity contribution is -0.386. The molecular weight excluding hydrogens is 220 g/mol. The zero-order valence-electron chi connectivity index (χ0n) is 9.72. The van der Waals surface area contributed by atoms with E-state index < -0.39 is 11.0 Å². The number of phenols is 1. The second kappa shape index (κ2) is 5.45. The van der Waals surface area contributed by atoms with Crippen molar-refractivity contribution in [2.24, 2.45) is 5.73 Å². The summed E-state index contributed by atoms with van der Waals surface area (Å²) in [6.07, 6.45) is 3.01. The van der Waals surface area contributed by atoms with Crippen molar-refractivity contribution in [3.63, 3.8) is 0 Å². The second-order valence-electron chi connectivity index (χ2n) is 3.90. The van der Waals surface area contributed by atoms with E-state index in [0.717, 1.165) is 0 Å². The van der Waals surface area contributed by atoms with Crippen molar-refractivity contribution < 1.29 is 10.0 Å². The van der Waals surface area contributed by atoms with Gasteiger partial charge in [0.2, 0.25) is 0 Å². The summed E-state index contributed by atoms with van der Waals surface area (Å²) in [5.41, 5.74) is 6.43. The van der Waals surface area contributed by atoms with Crippen LogP contribution in [0.5, 0.6) is 5.75 Å². The molecule has 5 heteroatoms. The first-order valence-corrected chi connectivity index (χ1v) is 5.32. The Hall–Kier alpha value is -1.88. The van der Waals surface area contributed by atoms with Gasteiger partial charge in [0.15, 0.2) is 5.75 Å². The smallest absolute Gasteiger partial charge is 0.313 e. The number of allylic oxidation sites excluding steroid dienone is 1. The summed E-state index contributed by atoms with van der Waals surface area (Å²) in [5.74, 6) is -0.327. The Bertz CT molecular complexity index is 444. The van der Waals surface area contributed by atoms with Gasteiger partial charge in [0, 0.05) is 17.2 Å². The molecule has 3 N–H and O–H groups in total. The largest absolute Gasteiger partial charge is 0.502 e. The summed E-state index contributed by atoms with van der Waals surface area (Å²) in [7, 11) is 0. The molecular formula is C12H16N2O3. The lowest BCUT2D eigenvalue weighted by Crippen LogP contribution is -2.11. The van der Waals surface area contributed by atoms with Crippen LogP contribution in [0.25, 0.3) is 0 Å². The molecule has 5 nitrogen and oxygen atoms in total. The Balaban J connectivity index is 3.14. The van der Waals surface area contributed by atoms with Crippen LogP contribution in [0.1, 0.15) is 30.0 Å². The van der Waals surface area contributed by atoms with Crippen molar-refractivity contribution in [1.29, 1.82) is 0 Å². The molecule has 0 unspecified atom stereocenters. The molecule has 1 atom stereocenters. The van der Waals surface area contributed by atoms with Crippen LogP contribution < -0.4 is 5.73 Å². The maximum atomic E-state index is 10.8. The van der Waals surface area contributed by atoms with Gasteiger partial charge in [-0.25, -0.2) is 0 Å². The summed E-state index contributed by atoms with van der Waals surface area (Å²) < 4.78 is 0. The number of nitrogens with zero attached hydrogens (tertiary/aromatic N) is 1. The Kier molecular flexibility index (Phi) is 4.23. The SMILES string of the molecule is C=CCC[C@@H](N)c1ccc(C)c([N+](=O)[O-])c1O. The number of nitrogens with two attached hydrogens (primary N) is 1. The first kappa shape index (κ1) is 13.2. The fourth-order valence-corrected chi connectivity index (χ4v) is 1.68. The minimum atomic E-state index is -0.589. The minimum absolute atomic E-state index is 0.267. The summed E-state index contributed by atoms with van der Waals surface area (Å²) in [4.78, 5) is 10.2. The van der Waals surface area contributed by atoms with E-state index in [9.17, 15) is 15.2 Å². The first-order chi connectivity index (χ1) is 7.99. The zero-order chi connectivity index (χ0) is 13.0. The molecule has 0 aliphatic carbocycles. The van der Waals surface area contributed by atoms with Crippen LogP contribution in [0.15, 0.2) is 24.8 Å². The monoisotopic (exact) mass is 236 g/mol. The lowest BCUT2D eigenvalue weighted by Gasteiger charge is -2.13. The van der Waals surface area contributed by atoms with E-state index in [1.165, 1.54) is 0 Å². The third-order valence-electron chi connectivity index (χ3n) is 2.65. The van der Waals surface area contributed by atoms with Crippen LogP contribution in [-0.4, -0.2) is 10.0 Å². The normalized spacial score (nSPS) is 12.1. The van der Waals surface area contributed by atoms with Gasteiger partial charge in [-0.3, -0.25) is 10.1 Å². The Morgan fingerprint density at radius 1 is 1.65 bits per heavy atom. The van der Waals surface area contributed by atoms with Crippen LogP contribution in [0, 0.1) is 17.0 Å². The molecule has 0 aliphatic heterocycles. The average Bonchev–Trinajstić information content (AvgIpc) is 2.25. The van der Waals surface area contributed by atoms with E-state index in [0.29, 0.717) is 24.0 Å². The van der Waals surface area contributed by atoms with Crippen LogP contribution >= 0.6 is 0 Å². The number of hydrogen-bond donors (Lipinski definition) is 2. The topological polar surface area (TPSA) is 89.4 Å². The minimum Gasteiger partial charge on any atom is -0.502 e. The van der Waals surface area contributed by atoms with E-state index in [1.54, 1.807) is 25.1 Å². The van der Waals surface area contributed by atoms with Gasteiger partial charge in [-0.05, 0) is 19.8 Å². The van der Waals surface area contributed by atoms with Gasteiger partial charge >= 0.3 is 5.69 Å². The van der Waals surface area contributed by atoms with Crippen LogP contribution in [0.4, 0.5) is 5.69 Å². The fraction of sp³-hybridized carbons (Fsp3) is 0.333. The summed E-state index contributed by atoms with van der Waals surface area (Å²) in [5, 5.41) is 20.7. The van der Waals surface area contributed by atoms with Gasteiger partial charge in [-0.2, -0.15) is 0 Å². The first-order valence-electron chi connectivity index (χ1n) is 5.32. The third-order valence-corrected chi connectivity index (χ3v) is 2.65.